The molecule has 3 rings (SSSR count). The first-order chi connectivity index (χ1) is 15.6. The maximum absolute atomic E-state index is 11.5. The first kappa shape index (κ1) is 24.3. The molecule has 8 nitrogen and oxygen atoms in total. The van der Waals surface area contributed by atoms with E-state index >= 15 is 0 Å². The lowest BCUT2D eigenvalue weighted by molar-refractivity contribution is -0.122. The van der Waals surface area contributed by atoms with E-state index in [1.165, 1.54) is 25.8 Å². The van der Waals surface area contributed by atoms with Crippen LogP contribution in [0.4, 0.5) is 5.82 Å². The molecule has 2 aliphatic rings. The molecule has 178 valence electrons. The fraction of sp³-hybridized carbons (Fsp3) is 0.708. The van der Waals surface area contributed by atoms with Gasteiger partial charge in [-0.25, -0.2) is 9.98 Å². The van der Waals surface area contributed by atoms with Gasteiger partial charge in [-0.2, -0.15) is 0 Å². The Morgan fingerprint density at radius 1 is 1.22 bits per heavy atom. The molecular weight excluding hydrogens is 402 g/mol. The molecule has 0 spiro atoms. The van der Waals surface area contributed by atoms with Gasteiger partial charge in [-0.15, -0.1) is 0 Å². The predicted molar refractivity (Wildman–Crippen MR) is 131 cm³/mol. The first-order valence-corrected chi connectivity index (χ1v) is 12.3. The van der Waals surface area contributed by atoms with E-state index < -0.39 is 0 Å². The van der Waals surface area contributed by atoms with Gasteiger partial charge < -0.3 is 26.2 Å². The second-order valence-electron chi connectivity index (χ2n) is 9.01. The van der Waals surface area contributed by atoms with Crippen LogP contribution in [-0.2, 0) is 11.3 Å². The smallest absolute Gasteiger partial charge is 0.220 e. The summed E-state index contributed by atoms with van der Waals surface area (Å²) < 4.78 is 0. The number of carbonyl (C=O) groups excluding carboxylic acids is 1. The average molecular weight is 444 g/mol. The largest absolute Gasteiger partial charge is 0.369 e. The number of hydrogen-bond acceptors (Lipinski definition) is 5. The van der Waals surface area contributed by atoms with Crippen LogP contribution in [-0.4, -0.2) is 67.1 Å². The van der Waals surface area contributed by atoms with E-state index in [0.29, 0.717) is 12.6 Å². The summed E-state index contributed by atoms with van der Waals surface area (Å²) in [5.74, 6) is 1.61. The van der Waals surface area contributed by atoms with E-state index in [0.717, 1.165) is 69.3 Å². The second-order valence-corrected chi connectivity index (χ2v) is 9.01. The van der Waals surface area contributed by atoms with Crippen molar-refractivity contribution >= 4 is 17.7 Å². The summed E-state index contributed by atoms with van der Waals surface area (Å²) in [6, 6.07) is 4.76. The van der Waals surface area contributed by atoms with E-state index in [2.05, 4.69) is 45.3 Å². The maximum atomic E-state index is 11.5. The zero-order chi connectivity index (χ0) is 22.8. The molecule has 0 bridgehead atoms. The highest BCUT2D eigenvalue weighted by Gasteiger charge is 2.25. The topological polar surface area (TPSA) is 98.9 Å². The Morgan fingerprint density at radius 3 is 2.75 bits per heavy atom. The van der Waals surface area contributed by atoms with Gasteiger partial charge in [-0.1, -0.05) is 12.5 Å². The summed E-state index contributed by atoms with van der Waals surface area (Å²) in [4.78, 5) is 25.8. The molecule has 1 aromatic heterocycles. The van der Waals surface area contributed by atoms with Crippen molar-refractivity contribution in [2.45, 2.75) is 65.0 Å². The summed E-state index contributed by atoms with van der Waals surface area (Å²) in [7, 11) is 0. The third-order valence-electron chi connectivity index (χ3n) is 6.67. The minimum atomic E-state index is -0.188. The van der Waals surface area contributed by atoms with Crippen molar-refractivity contribution < 1.29 is 4.79 Å². The molecule has 1 unspecified atom stereocenters. The Morgan fingerprint density at radius 2 is 2.03 bits per heavy atom. The maximum Gasteiger partial charge on any atom is 0.220 e. The summed E-state index contributed by atoms with van der Waals surface area (Å²) in [5, 5.41) is 6.85. The number of hydrogen-bond donors (Lipinski definition) is 3. The van der Waals surface area contributed by atoms with Gasteiger partial charge in [-0.05, 0) is 58.6 Å². The van der Waals surface area contributed by atoms with Crippen LogP contribution in [0.2, 0.25) is 0 Å². The Balaban J connectivity index is 1.52. The lowest BCUT2D eigenvalue weighted by Crippen LogP contribution is -2.41. The number of rotatable bonds is 9. The molecule has 1 atom stereocenters. The molecular formula is C24H41N7O. The molecule has 0 radical (unpaired) electrons. The number of aliphatic imine (C=N–C) groups is 1. The van der Waals surface area contributed by atoms with Gasteiger partial charge in [0.05, 0.1) is 6.54 Å². The number of amides is 1. The monoisotopic (exact) mass is 443 g/mol. The van der Waals surface area contributed by atoms with E-state index in [-0.39, 0.29) is 11.8 Å². The third kappa shape index (κ3) is 7.08. The van der Waals surface area contributed by atoms with Crippen LogP contribution in [0.3, 0.4) is 0 Å². The van der Waals surface area contributed by atoms with Crippen LogP contribution in [0.15, 0.2) is 23.3 Å². The fourth-order valence-electron chi connectivity index (χ4n) is 4.70. The van der Waals surface area contributed by atoms with Crippen molar-refractivity contribution in [1.29, 1.82) is 0 Å². The second kappa shape index (κ2) is 12.6. The molecule has 2 fully saturated rings. The van der Waals surface area contributed by atoms with Crippen molar-refractivity contribution in [1.82, 2.24) is 20.5 Å². The number of pyridine rings is 1. The van der Waals surface area contributed by atoms with E-state index in [1.54, 1.807) is 0 Å². The SMILES string of the molecule is CCNC(=NCc1cccnc1N1CCC(C(N)=O)CC1)NCCCN1CCCCC1C. The summed E-state index contributed by atoms with van der Waals surface area (Å²) >= 11 is 0. The van der Waals surface area contributed by atoms with Crippen molar-refractivity contribution in [3.05, 3.63) is 23.9 Å². The van der Waals surface area contributed by atoms with E-state index in [9.17, 15) is 4.79 Å². The summed E-state index contributed by atoms with van der Waals surface area (Å²) in [6.07, 6.45) is 8.53. The zero-order valence-electron chi connectivity index (χ0n) is 19.9. The Labute approximate surface area is 193 Å². The number of piperidine rings is 2. The van der Waals surface area contributed by atoms with Crippen LogP contribution < -0.4 is 21.3 Å². The number of likely N-dealkylation sites (tertiary alicyclic amines) is 1. The van der Waals surface area contributed by atoms with Gasteiger partial charge in [0.1, 0.15) is 5.82 Å². The molecule has 0 aliphatic carbocycles. The molecule has 0 aromatic carbocycles. The van der Waals surface area contributed by atoms with Crippen LogP contribution in [0.1, 0.15) is 57.9 Å². The van der Waals surface area contributed by atoms with E-state index in [1.807, 2.05) is 12.3 Å². The van der Waals surface area contributed by atoms with Crippen LogP contribution in [0.25, 0.3) is 0 Å². The number of nitrogens with two attached hydrogens (primary N) is 1. The van der Waals surface area contributed by atoms with Crippen LogP contribution in [0, 0.1) is 5.92 Å². The van der Waals surface area contributed by atoms with Gasteiger partial charge in [0, 0.05) is 56.4 Å². The molecule has 3 heterocycles. The van der Waals surface area contributed by atoms with Crippen LogP contribution in [0.5, 0.6) is 0 Å². The van der Waals surface area contributed by atoms with Crippen molar-refractivity contribution in [2.75, 3.05) is 44.2 Å². The molecule has 0 saturated carbocycles. The minimum absolute atomic E-state index is 0.0195. The zero-order valence-corrected chi connectivity index (χ0v) is 19.9. The Hall–Kier alpha value is -2.35. The first-order valence-electron chi connectivity index (χ1n) is 12.3. The molecule has 32 heavy (non-hydrogen) atoms. The van der Waals surface area contributed by atoms with Gasteiger partial charge >= 0.3 is 0 Å². The number of primary amides is 1. The average Bonchev–Trinajstić information content (AvgIpc) is 2.81. The van der Waals surface area contributed by atoms with Gasteiger partial charge in [0.2, 0.25) is 5.91 Å². The Kier molecular flexibility index (Phi) is 9.59. The highest BCUT2D eigenvalue weighted by atomic mass is 16.1. The van der Waals surface area contributed by atoms with Gasteiger partial charge in [0.15, 0.2) is 5.96 Å². The van der Waals surface area contributed by atoms with Gasteiger partial charge in [0.25, 0.3) is 0 Å². The lowest BCUT2D eigenvalue weighted by atomic mass is 9.96. The van der Waals surface area contributed by atoms with Gasteiger partial charge in [-0.3, -0.25) is 4.79 Å². The predicted octanol–water partition coefficient (Wildman–Crippen LogP) is 2.10. The third-order valence-corrected chi connectivity index (χ3v) is 6.67. The highest BCUT2D eigenvalue weighted by molar-refractivity contribution is 5.79. The minimum Gasteiger partial charge on any atom is -0.369 e. The standard InChI is InChI=1S/C24H41N7O/c1-3-26-24(28-13-7-15-30-14-5-4-8-19(30)2)29-18-21-9-6-12-27-23(21)31-16-10-20(11-17-31)22(25)32/h6,9,12,19-20H,3-5,7-8,10-11,13-18H2,1-2H3,(H2,25,32)(H2,26,28,29). The number of anilines is 1. The number of guanidine groups is 1. The van der Waals surface area contributed by atoms with E-state index in [4.69, 9.17) is 10.7 Å². The summed E-state index contributed by atoms with van der Waals surface area (Å²) in [5.41, 5.74) is 6.58. The lowest BCUT2D eigenvalue weighted by Gasteiger charge is -2.33. The van der Waals surface area contributed by atoms with Crippen molar-refractivity contribution in [3.8, 4) is 0 Å². The Bertz CT molecular complexity index is 746. The molecule has 1 aromatic rings. The number of carbonyl (C=O) groups is 1. The normalized spacial score (nSPS) is 20.9. The quantitative estimate of drug-likeness (QED) is 0.307. The molecule has 8 heteroatoms. The fourth-order valence-corrected chi connectivity index (χ4v) is 4.70. The summed E-state index contributed by atoms with van der Waals surface area (Å²) in [6.45, 7) is 10.7. The molecule has 4 N–H and O–H groups in total. The van der Waals surface area contributed by atoms with Crippen molar-refractivity contribution in [2.24, 2.45) is 16.6 Å². The number of nitrogens with one attached hydrogen (secondary N) is 2. The number of aromatic nitrogens is 1. The molecule has 2 aliphatic heterocycles. The van der Waals surface area contributed by atoms with Crippen molar-refractivity contribution in [3.63, 3.8) is 0 Å². The van der Waals surface area contributed by atoms with Crippen LogP contribution >= 0.6 is 0 Å². The molecule has 2 saturated heterocycles. The number of nitrogens with zero attached hydrogens (tertiary/aromatic N) is 4. The highest BCUT2D eigenvalue weighted by Crippen LogP contribution is 2.25. The molecule has 1 amide bonds.